The van der Waals surface area contributed by atoms with Crippen molar-refractivity contribution in [3.05, 3.63) is 23.5 Å². The fraction of sp³-hybridized carbons (Fsp3) is 0.583. The van der Waals surface area contributed by atoms with Crippen molar-refractivity contribution in [1.29, 1.82) is 0 Å². The van der Waals surface area contributed by atoms with E-state index in [1.54, 1.807) is 6.07 Å². The van der Waals surface area contributed by atoms with Crippen molar-refractivity contribution in [3.63, 3.8) is 0 Å². The van der Waals surface area contributed by atoms with Crippen LogP contribution in [0.5, 0.6) is 0 Å². The van der Waals surface area contributed by atoms with Crippen LogP contribution >= 0.6 is 11.6 Å². The molecule has 2 heterocycles. The molecule has 1 saturated heterocycles. The molecule has 1 aliphatic rings. The first-order chi connectivity index (χ1) is 9.09. The largest absolute Gasteiger partial charge is 0.378 e. The number of ether oxygens (including phenoxy) is 1. The second kappa shape index (κ2) is 6.65. The molecule has 0 aromatic carbocycles. The molecule has 1 unspecified atom stereocenters. The Bertz CT molecular complexity index is 515. The number of nitrogens with one attached hydrogen (secondary N) is 1. The van der Waals surface area contributed by atoms with Gasteiger partial charge in [-0.25, -0.2) is 18.1 Å². The maximum Gasteiger partial charge on any atom is 0.243 e. The average molecular weight is 305 g/mol. The standard InChI is InChI=1S/C12H17ClN2O3S/c13-12-11(5-3-7-14-12)19(16,17)15-8-6-10-4-1-2-9-18-10/h3,5,7,10,15H,1-2,4,6,8-9H2. The highest BCUT2D eigenvalue weighted by atomic mass is 35.5. The summed E-state index contributed by atoms with van der Waals surface area (Å²) in [5.41, 5.74) is 0. The lowest BCUT2D eigenvalue weighted by Gasteiger charge is -2.22. The molecule has 106 valence electrons. The first-order valence-corrected chi connectivity index (χ1v) is 8.17. The number of hydrogen-bond donors (Lipinski definition) is 1. The van der Waals surface area contributed by atoms with Gasteiger partial charge in [-0.1, -0.05) is 11.6 Å². The monoisotopic (exact) mass is 304 g/mol. The van der Waals surface area contributed by atoms with Crippen LogP contribution in [-0.2, 0) is 14.8 Å². The molecular weight excluding hydrogens is 288 g/mol. The number of aromatic nitrogens is 1. The van der Waals surface area contributed by atoms with E-state index < -0.39 is 10.0 Å². The number of rotatable bonds is 5. The van der Waals surface area contributed by atoms with E-state index in [1.807, 2.05) is 0 Å². The van der Waals surface area contributed by atoms with Crippen molar-refractivity contribution in [2.75, 3.05) is 13.2 Å². The zero-order valence-electron chi connectivity index (χ0n) is 10.5. The highest BCUT2D eigenvalue weighted by molar-refractivity contribution is 7.89. The molecule has 0 amide bonds. The van der Waals surface area contributed by atoms with E-state index in [2.05, 4.69) is 9.71 Å². The van der Waals surface area contributed by atoms with Crippen LogP contribution in [0.4, 0.5) is 0 Å². The molecule has 2 rings (SSSR count). The molecule has 1 aliphatic heterocycles. The first kappa shape index (κ1) is 14.7. The van der Waals surface area contributed by atoms with Crippen LogP contribution in [0.15, 0.2) is 23.2 Å². The van der Waals surface area contributed by atoms with E-state index in [4.69, 9.17) is 16.3 Å². The van der Waals surface area contributed by atoms with Gasteiger partial charge >= 0.3 is 0 Å². The van der Waals surface area contributed by atoms with E-state index in [9.17, 15) is 8.42 Å². The van der Waals surface area contributed by atoms with E-state index >= 15 is 0 Å². The van der Waals surface area contributed by atoms with Crippen LogP contribution < -0.4 is 4.72 Å². The molecule has 1 aromatic rings. The van der Waals surface area contributed by atoms with E-state index in [-0.39, 0.29) is 16.2 Å². The van der Waals surface area contributed by atoms with Gasteiger partial charge in [-0.2, -0.15) is 0 Å². The number of halogens is 1. The Morgan fingerprint density at radius 1 is 1.47 bits per heavy atom. The topological polar surface area (TPSA) is 68.3 Å². The van der Waals surface area contributed by atoms with Gasteiger partial charge in [0.25, 0.3) is 0 Å². The highest BCUT2D eigenvalue weighted by Crippen LogP contribution is 2.18. The van der Waals surface area contributed by atoms with E-state index in [1.165, 1.54) is 12.3 Å². The van der Waals surface area contributed by atoms with Crippen molar-refractivity contribution in [2.24, 2.45) is 0 Å². The molecule has 0 bridgehead atoms. The summed E-state index contributed by atoms with van der Waals surface area (Å²) in [6, 6.07) is 2.99. The van der Waals surface area contributed by atoms with Crippen LogP contribution in [0.2, 0.25) is 5.15 Å². The average Bonchev–Trinajstić information content (AvgIpc) is 2.40. The fourth-order valence-corrected chi connectivity index (χ4v) is 3.54. The molecule has 0 spiro atoms. The van der Waals surface area contributed by atoms with Gasteiger partial charge in [0.05, 0.1) is 6.10 Å². The summed E-state index contributed by atoms with van der Waals surface area (Å²) < 4.78 is 32.1. The van der Waals surface area contributed by atoms with E-state index in [0.717, 1.165) is 25.9 Å². The van der Waals surface area contributed by atoms with Gasteiger partial charge in [0.2, 0.25) is 10.0 Å². The van der Waals surface area contributed by atoms with Crippen LogP contribution in [0, 0.1) is 0 Å². The van der Waals surface area contributed by atoms with Gasteiger partial charge in [-0.3, -0.25) is 0 Å². The highest BCUT2D eigenvalue weighted by Gasteiger charge is 2.19. The van der Waals surface area contributed by atoms with Gasteiger partial charge in [-0.05, 0) is 37.8 Å². The number of sulfonamides is 1. The molecule has 7 heteroatoms. The maximum absolute atomic E-state index is 12.0. The Hall–Kier alpha value is -0.690. The molecule has 1 N–H and O–H groups in total. The summed E-state index contributed by atoms with van der Waals surface area (Å²) in [6.45, 7) is 1.12. The van der Waals surface area contributed by atoms with Gasteiger partial charge in [0.1, 0.15) is 10.0 Å². The van der Waals surface area contributed by atoms with E-state index in [0.29, 0.717) is 13.0 Å². The normalized spacial score (nSPS) is 20.4. The Labute approximate surface area is 118 Å². The molecule has 0 saturated carbocycles. The molecule has 1 fully saturated rings. The zero-order valence-corrected chi connectivity index (χ0v) is 12.1. The Balaban J connectivity index is 1.89. The molecular formula is C12H17ClN2O3S. The second-order valence-electron chi connectivity index (χ2n) is 4.47. The van der Waals surface area contributed by atoms with Gasteiger partial charge < -0.3 is 4.74 Å². The van der Waals surface area contributed by atoms with Crippen LogP contribution in [-0.4, -0.2) is 32.7 Å². The second-order valence-corrected chi connectivity index (χ2v) is 6.56. The molecule has 0 radical (unpaired) electrons. The molecule has 5 nitrogen and oxygen atoms in total. The van der Waals surface area contributed by atoms with Crippen LogP contribution in [0.1, 0.15) is 25.7 Å². The van der Waals surface area contributed by atoms with Crippen LogP contribution in [0.3, 0.4) is 0 Å². The van der Waals surface area contributed by atoms with Gasteiger partial charge in [0.15, 0.2) is 0 Å². The van der Waals surface area contributed by atoms with Crippen LogP contribution in [0.25, 0.3) is 0 Å². The maximum atomic E-state index is 12.0. The lowest BCUT2D eigenvalue weighted by Crippen LogP contribution is -2.29. The Morgan fingerprint density at radius 3 is 3.00 bits per heavy atom. The zero-order chi connectivity index (χ0) is 13.7. The number of hydrogen-bond acceptors (Lipinski definition) is 4. The van der Waals surface area contributed by atoms with Crippen molar-refractivity contribution < 1.29 is 13.2 Å². The van der Waals surface area contributed by atoms with Crippen molar-refractivity contribution in [1.82, 2.24) is 9.71 Å². The first-order valence-electron chi connectivity index (χ1n) is 6.31. The van der Waals surface area contributed by atoms with Gasteiger partial charge in [-0.15, -0.1) is 0 Å². The minimum atomic E-state index is -3.59. The van der Waals surface area contributed by atoms with Gasteiger partial charge in [0, 0.05) is 19.3 Å². The Kier molecular flexibility index (Phi) is 5.15. The predicted molar refractivity (Wildman–Crippen MR) is 72.6 cm³/mol. The third-order valence-corrected chi connectivity index (χ3v) is 4.95. The third kappa shape index (κ3) is 4.14. The molecule has 19 heavy (non-hydrogen) atoms. The SMILES string of the molecule is O=S(=O)(NCCC1CCCCO1)c1cccnc1Cl. The third-order valence-electron chi connectivity index (χ3n) is 3.05. The predicted octanol–water partition coefficient (Wildman–Crippen LogP) is 1.97. The molecule has 1 atom stereocenters. The quantitative estimate of drug-likeness (QED) is 0.845. The van der Waals surface area contributed by atoms with Crippen molar-refractivity contribution in [3.8, 4) is 0 Å². The minimum absolute atomic E-state index is 0.0103. The molecule has 1 aromatic heterocycles. The summed E-state index contributed by atoms with van der Waals surface area (Å²) in [5, 5.41) is -0.0103. The van der Waals surface area contributed by atoms with Crippen molar-refractivity contribution in [2.45, 2.75) is 36.7 Å². The summed E-state index contributed by atoms with van der Waals surface area (Å²) >= 11 is 5.78. The molecule has 0 aliphatic carbocycles. The fourth-order valence-electron chi connectivity index (χ4n) is 2.04. The number of pyridine rings is 1. The summed E-state index contributed by atoms with van der Waals surface area (Å²) in [7, 11) is -3.59. The smallest absolute Gasteiger partial charge is 0.243 e. The summed E-state index contributed by atoms with van der Waals surface area (Å²) in [4.78, 5) is 3.78. The lowest BCUT2D eigenvalue weighted by atomic mass is 10.1. The summed E-state index contributed by atoms with van der Waals surface area (Å²) in [5.74, 6) is 0. The summed E-state index contributed by atoms with van der Waals surface area (Å²) in [6.07, 6.45) is 5.52. The number of nitrogens with zero attached hydrogens (tertiary/aromatic N) is 1. The van der Waals surface area contributed by atoms with Crippen molar-refractivity contribution >= 4 is 21.6 Å². The minimum Gasteiger partial charge on any atom is -0.378 e. The lowest BCUT2D eigenvalue weighted by molar-refractivity contribution is 0.0123. The Morgan fingerprint density at radius 2 is 2.32 bits per heavy atom.